The zero-order valence-corrected chi connectivity index (χ0v) is 12.8. The zero-order valence-electron chi connectivity index (χ0n) is 12.8. The van der Waals surface area contributed by atoms with Gasteiger partial charge in [0.2, 0.25) is 0 Å². The highest BCUT2D eigenvalue weighted by Gasteiger charge is 2.08. The molecule has 2 aromatic carbocycles. The summed E-state index contributed by atoms with van der Waals surface area (Å²) in [6.45, 7) is 1.67. The van der Waals surface area contributed by atoms with Gasteiger partial charge in [0.25, 0.3) is 0 Å². The van der Waals surface area contributed by atoms with E-state index in [4.69, 9.17) is 14.2 Å². The molecule has 0 aliphatic carbocycles. The van der Waals surface area contributed by atoms with Crippen LogP contribution in [0.1, 0.15) is 11.1 Å². The SMILES string of the molecule is COc1ccc(OC)c(C[NH2+]Cc2ccccc2OC)c1. The van der Waals surface area contributed by atoms with Gasteiger partial charge in [-0.2, -0.15) is 0 Å². The first-order chi connectivity index (χ1) is 10.3. The molecule has 0 heterocycles. The minimum Gasteiger partial charge on any atom is -0.497 e. The fourth-order valence-electron chi connectivity index (χ4n) is 2.30. The Hall–Kier alpha value is -2.20. The molecule has 0 spiro atoms. The maximum atomic E-state index is 5.39. The number of para-hydroxylation sites is 1. The van der Waals surface area contributed by atoms with Gasteiger partial charge in [0.15, 0.2) is 0 Å². The first kappa shape index (κ1) is 15.2. The molecule has 0 atom stereocenters. The maximum absolute atomic E-state index is 5.39. The van der Waals surface area contributed by atoms with E-state index in [0.29, 0.717) is 0 Å². The summed E-state index contributed by atoms with van der Waals surface area (Å²) in [7, 11) is 5.06. The topological polar surface area (TPSA) is 44.3 Å². The summed E-state index contributed by atoms with van der Waals surface area (Å²) in [5, 5.41) is 2.22. The van der Waals surface area contributed by atoms with Gasteiger partial charge < -0.3 is 19.5 Å². The van der Waals surface area contributed by atoms with Gasteiger partial charge in [-0.25, -0.2) is 0 Å². The zero-order chi connectivity index (χ0) is 15.1. The average Bonchev–Trinajstić information content (AvgIpc) is 2.55. The third kappa shape index (κ3) is 3.89. The standard InChI is InChI=1S/C17H21NO3/c1-19-15-8-9-17(21-3)14(10-15)12-18-11-13-6-4-5-7-16(13)20-2/h4-10,18H,11-12H2,1-3H3/p+1. The van der Waals surface area contributed by atoms with Gasteiger partial charge >= 0.3 is 0 Å². The Morgan fingerprint density at radius 2 is 1.43 bits per heavy atom. The van der Waals surface area contributed by atoms with Gasteiger partial charge in [-0.3, -0.25) is 0 Å². The molecule has 0 aliphatic heterocycles. The van der Waals surface area contributed by atoms with Crippen LogP contribution in [0.5, 0.6) is 17.2 Å². The summed E-state index contributed by atoms with van der Waals surface area (Å²) in [5.74, 6) is 2.65. The van der Waals surface area contributed by atoms with E-state index in [-0.39, 0.29) is 0 Å². The number of hydrogen-bond donors (Lipinski definition) is 1. The maximum Gasteiger partial charge on any atom is 0.127 e. The van der Waals surface area contributed by atoms with Crippen molar-refractivity contribution in [3.8, 4) is 17.2 Å². The molecule has 0 radical (unpaired) electrons. The first-order valence-electron chi connectivity index (χ1n) is 6.93. The average molecular weight is 288 g/mol. The van der Waals surface area contributed by atoms with Crippen LogP contribution in [0.25, 0.3) is 0 Å². The molecule has 2 aromatic rings. The summed E-state index contributed by atoms with van der Waals surface area (Å²) < 4.78 is 16.0. The molecule has 0 aromatic heterocycles. The Morgan fingerprint density at radius 1 is 0.762 bits per heavy atom. The number of quaternary nitrogens is 1. The van der Waals surface area contributed by atoms with Crippen LogP contribution >= 0.6 is 0 Å². The molecule has 0 fully saturated rings. The highest BCUT2D eigenvalue weighted by atomic mass is 16.5. The highest BCUT2D eigenvalue weighted by molar-refractivity contribution is 5.39. The van der Waals surface area contributed by atoms with Crippen molar-refractivity contribution in [2.75, 3.05) is 21.3 Å². The van der Waals surface area contributed by atoms with Gasteiger partial charge in [-0.15, -0.1) is 0 Å². The van der Waals surface area contributed by atoms with E-state index in [1.165, 1.54) is 5.56 Å². The van der Waals surface area contributed by atoms with Crippen molar-refractivity contribution >= 4 is 0 Å². The van der Waals surface area contributed by atoms with Crippen LogP contribution in [-0.4, -0.2) is 21.3 Å². The summed E-state index contributed by atoms with van der Waals surface area (Å²) >= 11 is 0. The molecule has 21 heavy (non-hydrogen) atoms. The third-order valence-corrected chi connectivity index (χ3v) is 3.41. The monoisotopic (exact) mass is 288 g/mol. The molecule has 2 N–H and O–H groups in total. The summed E-state index contributed by atoms with van der Waals surface area (Å²) in [6.07, 6.45) is 0. The van der Waals surface area contributed by atoms with Crippen molar-refractivity contribution < 1.29 is 19.5 Å². The molecule has 0 unspecified atom stereocenters. The molecule has 0 aliphatic rings. The summed E-state index contributed by atoms with van der Waals surface area (Å²) in [5.41, 5.74) is 2.30. The lowest BCUT2D eigenvalue weighted by Crippen LogP contribution is -2.80. The lowest BCUT2D eigenvalue weighted by Gasteiger charge is -2.11. The van der Waals surface area contributed by atoms with E-state index >= 15 is 0 Å². The van der Waals surface area contributed by atoms with Crippen molar-refractivity contribution in [2.24, 2.45) is 0 Å². The normalized spacial score (nSPS) is 10.2. The summed E-state index contributed by atoms with van der Waals surface area (Å²) in [6, 6.07) is 13.9. The number of methoxy groups -OCH3 is 3. The van der Waals surface area contributed by atoms with E-state index in [0.717, 1.165) is 35.9 Å². The van der Waals surface area contributed by atoms with Crippen LogP contribution in [0.4, 0.5) is 0 Å². The van der Waals surface area contributed by atoms with E-state index in [1.807, 2.05) is 36.4 Å². The third-order valence-electron chi connectivity index (χ3n) is 3.41. The molecule has 112 valence electrons. The lowest BCUT2D eigenvalue weighted by molar-refractivity contribution is -0.686. The number of hydrogen-bond acceptors (Lipinski definition) is 3. The largest absolute Gasteiger partial charge is 0.497 e. The fraction of sp³-hybridized carbons (Fsp3) is 0.294. The van der Waals surface area contributed by atoms with Gasteiger partial charge in [0, 0.05) is 5.56 Å². The van der Waals surface area contributed by atoms with Crippen LogP contribution in [-0.2, 0) is 13.1 Å². The van der Waals surface area contributed by atoms with Crippen molar-refractivity contribution in [3.63, 3.8) is 0 Å². The summed E-state index contributed by atoms with van der Waals surface area (Å²) in [4.78, 5) is 0. The van der Waals surface area contributed by atoms with E-state index < -0.39 is 0 Å². The predicted molar refractivity (Wildman–Crippen MR) is 81.9 cm³/mol. The second-order valence-corrected chi connectivity index (χ2v) is 4.69. The molecule has 4 nitrogen and oxygen atoms in total. The minimum absolute atomic E-state index is 0.818. The molecular weight excluding hydrogens is 266 g/mol. The molecule has 0 saturated carbocycles. The number of benzene rings is 2. The Morgan fingerprint density at radius 3 is 2.14 bits per heavy atom. The second-order valence-electron chi connectivity index (χ2n) is 4.69. The lowest BCUT2D eigenvalue weighted by atomic mass is 10.1. The van der Waals surface area contributed by atoms with Gasteiger partial charge in [0.1, 0.15) is 30.3 Å². The van der Waals surface area contributed by atoms with Crippen LogP contribution in [0.15, 0.2) is 42.5 Å². The smallest absolute Gasteiger partial charge is 0.127 e. The van der Waals surface area contributed by atoms with Crippen LogP contribution in [0.3, 0.4) is 0 Å². The van der Waals surface area contributed by atoms with Gasteiger partial charge in [-0.1, -0.05) is 12.1 Å². The molecule has 0 saturated heterocycles. The minimum atomic E-state index is 0.818. The van der Waals surface area contributed by atoms with E-state index in [2.05, 4.69) is 11.4 Å². The van der Waals surface area contributed by atoms with E-state index in [9.17, 15) is 0 Å². The van der Waals surface area contributed by atoms with Gasteiger partial charge in [0.05, 0.1) is 26.9 Å². The second kappa shape index (κ2) is 7.55. The first-order valence-corrected chi connectivity index (χ1v) is 6.93. The Bertz CT molecular complexity index is 584. The molecular formula is C17H22NO3+. The highest BCUT2D eigenvalue weighted by Crippen LogP contribution is 2.23. The predicted octanol–water partition coefficient (Wildman–Crippen LogP) is 1.98. The number of ether oxygens (including phenoxy) is 3. The molecule has 0 amide bonds. The van der Waals surface area contributed by atoms with Crippen LogP contribution < -0.4 is 19.5 Å². The Kier molecular flexibility index (Phi) is 5.46. The number of rotatable bonds is 7. The van der Waals surface area contributed by atoms with Gasteiger partial charge in [-0.05, 0) is 30.3 Å². The van der Waals surface area contributed by atoms with Crippen LogP contribution in [0, 0.1) is 0 Å². The Labute approximate surface area is 125 Å². The van der Waals surface area contributed by atoms with Crippen molar-refractivity contribution in [3.05, 3.63) is 53.6 Å². The van der Waals surface area contributed by atoms with Crippen molar-refractivity contribution in [2.45, 2.75) is 13.1 Å². The number of nitrogens with two attached hydrogens (primary N) is 1. The van der Waals surface area contributed by atoms with Crippen molar-refractivity contribution in [1.29, 1.82) is 0 Å². The molecule has 0 bridgehead atoms. The van der Waals surface area contributed by atoms with Crippen molar-refractivity contribution in [1.82, 2.24) is 0 Å². The Balaban J connectivity index is 2.03. The molecule has 2 rings (SSSR count). The molecule has 4 heteroatoms. The van der Waals surface area contributed by atoms with E-state index in [1.54, 1.807) is 21.3 Å². The quantitative estimate of drug-likeness (QED) is 0.847. The fourth-order valence-corrected chi connectivity index (χ4v) is 2.30. The van der Waals surface area contributed by atoms with Crippen LogP contribution in [0.2, 0.25) is 0 Å².